The van der Waals surface area contributed by atoms with Gasteiger partial charge in [0.2, 0.25) is 0 Å². The van der Waals surface area contributed by atoms with Gasteiger partial charge in [-0.1, -0.05) is 12.1 Å². The molecule has 8 heteroatoms. The lowest BCUT2D eigenvalue weighted by Gasteiger charge is -2.13. The summed E-state index contributed by atoms with van der Waals surface area (Å²) in [6.07, 6.45) is 1.11. The highest BCUT2D eigenvalue weighted by molar-refractivity contribution is 8.18. The van der Waals surface area contributed by atoms with Crippen molar-refractivity contribution in [2.75, 3.05) is 6.54 Å². The zero-order valence-electron chi connectivity index (χ0n) is 15.2. The van der Waals surface area contributed by atoms with Gasteiger partial charge in [0.25, 0.3) is 11.1 Å². The number of imide groups is 1. The highest BCUT2D eigenvalue weighted by Gasteiger charge is 2.37. The lowest BCUT2D eigenvalue weighted by atomic mass is 10.1. The first-order valence-corrected chi connectivity index (χ1v) is 9.25. The number of rotatable bonds is 5. The number of carbonyl (C=O) groups excluding carboxylic acids is 3. The van der Waals surface area contributed by atoms with Crippen molar-refractivity contribution in [1.29, 1.82) is 5.26 Å². The predicted molar refractivity (Wildman–Crippen MR) is 103 cm³/mol. The molecule has 0 unspecified atom stereocenters. The summed E-state index contributed by atoms with van der Waals surface area (Å²) in [4.78, 5) is 37.2. The second-order valence-corrected chi connectivity index (χ2v) is 7.16. The van der Waals surface area contributed by atoms with Gasteiger partial charge in [-0.25, -0.2) is 0 Å². The van der Waals surface area contributed by atoms with Crippen LogP contribution in [-0.4, -0.2) is 34.7 Å². The van der Waals surface area contributed by atoms with Crippen LogP contribution in [-0.2, 0) is 14.3 Å². The summed E-state index contributed by atoms with van der Waals surface area (Å²) in [7, 11) is 0. The minimum atomic E-state index is -0.646. The van der Waals surface area contributed by atoms with Crippen LogP contribution in [0.25, 0.3) is 17.4 Å². The van der Waals surface area contributed by atoms with Gasteiger partial charge in [0.1, 0.15) is 18.1 Å². The van der Waals surface area contributed by atoms with Crippen LogP contribution in [0.15, 0.2) is 45.7 Å². The smallest absolute Gasteiger partial charge is 0.326 e. The fourth-order valence-electron chi connectivity index (χ4n) is 2.57. The highest BCUT2D eigenvalue weighted by Crippen LogP contribution is 2.33. The van der Waals surface area contributed by atoms with E-state index in [1.165, 1.54) is 6.08 Å². The maximum absolute atomic E-state index is 12.4. The van der Waals surface area contributed by atoms with E-state index in [1.54, 1.807) is 50.2 Å². The number of esters is 1. The molecule has 3 rings (SSSR count). The van der Waals surface area contributed by atoms with Crippen molar-refractivity contribution in [3.63, 3.8) is 0 Å². The molecule has 2 heterocycles. The molecule has 142 valence electrons. The van der Waals surface area contributed by atoms with Crippen molar-refractivity contribution in [3.05, 3.63) is 52.6 Å². The summed E-state index contributed by atoms with van der Waals surface area (Å²) in [5, 5.41) is 8.66. The van der Waals surface area contributed by atoms with Crippen LogP contribution in [0.2, 0.25) is 0 Å². The number of nitrogens with zero attached hydrogens (tertiary/aromatic N) is 2. The number of hydrogen-bond donors (Lipinski definition) is 0. The summed E-state index contributed by atoms with van der Waals surface area (Å²) in [6.45, 7) is 2.94. The number of thioether (sulfide) groups is 1. The Morgan fingerprint density at radius 3 is 2.75 bits per heavy atom. The van der Waals surface area contributed by atoms with Gasteiger partial charge >= 0.3 is 5.97 Å². The van der Waals surface area contributed by atoms with Gasteiger partial charge in [0.05, 0.1) is 22.6 Å². The molecule has 0 spiro atoms. The molecule has 7 nitrogen and oxygen atoms in total. The van der Waals surface area contributed by atoms with Crippen molar-refractivity contribution in [1.82, 2.24) is 4.90 Å². The van der Waals surface area contributed by atoms with Crippen LogP contribution >= 0.6 is 11.8 Å². The van der Waals surface area contributed by atoms with Crippen LogP contribution in [0.1, 0.15) is 25.2 Å². The van der Waals surface area contributed by atoms with E-state index in [1.807, 2.05) is 0 Å². The largest absolute Gasteiger partial charge is 0.462 e. The summed E-state index contributed by atoms with van der Waals surface area (Å²) in [5.41, 5.74) is 1.10. The minimum Gasteiger partial charge on any atom is -0.462 e. The Morgan fingerprint density at radius 2 is 2.04 bits per heavy atom. The topological polar surface area (TPSA) is 101 Å². The maximum Gasteiger partial charge on any atom is 0.326 e. The standard InChI is InChI=1S/C20H16N2O5S/c1-12(2)26-18(23)11-22-19(24)17(28-20(22)25)9-14-7-8-16(27-14)15-6-4-3-5-13(15)10-21/h3-9,12H,11H2,1-2H3/b17-9+. The summed E-state index contributed by atoms with van der Waals surface area (Å²) in [6, 6.07) is 12.4. The Labute approximate surface area is 165 Å². The normalized spacial score (nSPS) is 15.4. The molecule has 0 radical (unpaired) electrons. The molecule has 1 fully saturated rings. The molecule has 1 aromatic carbocycles. The van der Waals surface area contributed by atoms with Crippen LogP contribution < -0.4 is 0 Å². The van der Waals surface area contributed by atoms with Crippen LogP contribution in [0.3, 0.4) is 0 Å². The fourth-order valence-corrected chi connectivity index (χ4v) is 3.38. The second-order valence-electron chi connectivity index (χ2n) is 6.17. The number of ether oxygens (including phenoxy) is 1. The molecule has 1 aliphatic rings. The van der Waals surface area contributed by atoms with E-state index in [0.717, 1.165) is 16.7 Å². The number of amides is 2. The molecule has 0 bridgehead atoms. The fraction of sp³-hybridized carbons (Fsp3) is 0.200. The maximum atomic E-state index is 12.4. The van der Waals surface area contributed by atoms with Crippen molar-refractivity contribution in [2.24, 2.45) is 0 Å². The summed E-state index contributed by atoms with van der Waals surface area (Å²) in [5.74, 6) is -0.390. The van der Waals surface area contributed by atoms with E-state index in [2.05, 4.69) is 6.07 Å². The average molecular weight is 396 g/mol. The molecule has 0 atom stereocenters. The first-order chi connectivity index (χ1) is 13.4. The molecule has 0 saturated carbocycles. The van der Waals surface area contributed by atoms with E-state index < -0.39 is 23.7 Å². The van der Waals surface area contributed by atoms with Crippen molar-refractivity contribution in [3.8, 4) is 17.4 Å². The zero-order valence-corrected chi connectivity index (χ0v) is 16.0. The molecule has 1 aliphatic heterocycles. The number of nitriles is 1. The summed E-state index contributed by atoms with van der Waals surface area (Å²) >= 11 is 0.729. The van der Waals surface area contributed by atoms with E-state index in [0.29, 0.717) is 22.6 Å². The number of benzene rings is 1. The quantitative estimate of drug-likeness (QED) is 0.559. The summed E-state index contributed by atoms with van der Waals surface area (Å²) < 4.78 is 10.7. The Hall–Kier alpha value is -3.31. The minimum absolute atomic E-state index is 0.150. The van der Waals surface area contributed by atoms with Gasteiger partial charge in [0, 0.05) is 11.6 Å². The van der Waals surface area contributed by atoms with Crippen molar-refractivity contribution >= 4 is 35.0 Å². The number of carbonyl (C=O) groups is 3. The van der Waals surface area contributed by atoms with Gasteiger partial charge in [-0.2, -0.15) is 5.26 Å². The average Bonchev–Trinajstić information content (AvgIpc) is 3.21. The van der Waals surface area contributed by atoms with Gasteiger partial charge in [-0.05, 0) is 49.9 Å². The first kappa shape index (κ1) is 19.5. The molecule has 2 aromatic rings. The van der Waals surface area contributed by atoms with Crippen LogP contribution in [0.5, 0.6) is 0 Å². The first-order valence-electron chi connectivity index (χ1n) is 8.43. The number of furan rings is 1. The molecule has 2 amide bonds. The lowest BCUT2D eigenvalue weighted by molar-refractivity contribution is -0.149. The monoisotopic (exact) mass is 396 g/mol. The molecular formula is C20H16N2O5S. The third-order valence-electron chi connectivity index (χ3n) is 3.74. The zero-order chi connectivity index (χ0) is 20.3. The van der Waals surface area contributed by atoms with E-state index in [9.17, 15) is 19.6 Å². The Morgan fingerprint density at radius 1 is 1.29 bits per heavy atom. The van der Waals surface area contributed by atoms with Crippen molar-refractivity contribution in [2.45, 2.75) is 20.0 Å². The van der Waals surface area contributed by atoms with Gasteiger partial charge in [0.15, 0.2) is 0 Å². The Bertz CT molecular complexity index is 1020. The molecular weight excluding hydrogens is 380 g/mol. The molecule has 0 aliphatic carbocycles. The SMILES string of the molecule is CC(C)OC(=O)CN1C(=O)S/C(=C/c2ccc(-c3ccccc3C#N)o2)C1=O. The Balaban J connectivity index is 1.79. The van der Waals surface area contributed by atoms with Crippen LogP contribution in [0, 0.1) is 11.3 Å². The number of hydrogen-bond acceptors (Lipinski definition) is 7. The van der Waals surface area contributed by atoms with Crippen molar-refractivity contribution < 1.29 is 23.5 Å². The molecule has 1 aromatic heterocycles. The van der Waals surface area contributed by atoms with Gasteiger partial charge < -0.3 is 9.15 Å². The second kappa shape index (κ2) is 8.15. The lowest BCUT2D eigenvalue weighted by Crippen LogP contribution is -2.35. The predicted octanol–water partition coefficient (Wildman–Crippen LogP) is 3.81. The third-order valence-corrected chi connectivity index (χ3v) is 4.65. The van der Waals surface area contributed by atoms with E-state index in [4.69, 9.17) is 9.15 Å². The third kappa shape index (κ3) is 4.15. The van der Waals surface area contributed by atoms with E-state index in [-0.39, 0.29) is 11.0 Å². The molecule has 28 heavy (non-hydrogen) atoms. The highest BCUT2D eigenvalue weighted by atomic mass is 32.2. The van der Waals surface area contributed by atoms with Gasteiger partial charge in [-0.3, -0.25) is 19.3 Å². The molecule has 1 saturated heterocycles. The van der Waals surface area contributed by atoms with E-state index >= 15 is 0 Å². The van der Waals surface area contributed by atoms with Crippen LogP contribution in [0.4, 0.5) is 4.79 Å². The van der Waals surface area contributed by atoms with Gasteiger partial charge in [-0.15, -0.1) is 0 Å². The Kier molecular flexibility index (Phi) is 5.66. The molecule has 0 N–H and O–H groups in total.